The lowest BCUT2D eigenvalue weighted by atomic mass is 9.93. The van der Waals surface area contributed by atoms with Crippen LogP contribution in [0, 0.1) is 18.8 Å². The Morgan fingerprint density at radius 2 is 0.578 bits per heavy atom. The number of carbonyl (C=O) groups excluding carboxylic acids is 4. The fraction of sp³-hybridized carbons (Fsp3) is 0.667. The van der Waals surface area contributed by atoms with Crippen LogP contribution in [0.5, 0.6) is 0 Å². The fourth-order valence-corrected chi connectivity index (χ4v) is 19.1. The predicted molar refractivity (Wildman–Crippen MR) is 425 cm³/mol. The number of carbonyl (C=O) groups is 4. The number of ether oxygens (including phenoxy) is 6. The number of nitrogens with zero attached hydrogens (tertiary/aromatic N) is 4. The maximum atomic E-state index is 16.4. The van der Waals surface area contributed by atoms with E-state index >= 15 is 9.59 Å². The summed E-state index contributed by atoms with van der Waals surface area (Å²) in [6.07, 6.45) is 38.9. The molecule has 4 amide bonds. The molecule has 0 fully saturated rings. The third-order valence-corrected chi connectivity index (χ3v) is 25.3. The lowest BCUT2D eigenvalue weighted by Crippen LogP contribution is -2.34. The van der Waals surface area contributed by atoms with E-state index in [1.807, 2.05) is 13.0 Å². The topological polar surface area (TPSA) is 137 Å². The number of hydrogen-bond acceptors (Lipinski definition) is 14. The van der Waals surface area contributed by atoms with Gasteiger partial charge in [0.2, 0.25) is 0 Å². The highest BCUT2D eigenvalue weighted by molar-refractivity contribution is 7.23. The summed E-state index contributed by atoms with van der Waals surface area (Å²) in [5.41, 5.74) is 4.68. The molecule has 18 heteroatoms. The molecule has 14 nitrogen and oxygen atoms in total. The van der Waals surface area contributed by atoms with Crippen molar-refractivity contribution < 1.29 is 47.6 Å². The first kappa shape index (κ1) is 83.0. The Hall–Kier alpha value is -4.60. The molecule has 0 N–H and O–H groups in total. The highest BCUT2D eigenvalue weighted by Crippen LogP contribution is 2.53. The van der Waals surface area contributed by atoms with Gasteiger partial charge < -0.3 is 48.0 Å². The van der Waals surface area contributed by atoms with Gasteiger partial charge in [-0.1, -0.05) is 207 Å². The molecule has 4 aromatic rings. The van der Waals surface area contributed by atoms with Crippen LogP contribution in [0.2, 0.25) is 0 Å². The molecule has 0 bridgehead atoms. The first-order valence-electron chi connectivity index (χ1n) is 39.9. The molecule has 8 heterocycles. The van der Waals surface area contributed by atoms with Crippen molar-refractivity contribution in [2.45, 2.75) is 247 Å². The zero-order valence-electron chi connectivity index (χ0n) is 63.8. The minimum atomic E-state index is -0.230. The van der Waals surface area contributed by atoms with Gasteiger partial charge in [-0.05, 0) is 99.9 Å². The van der Waals surface area contributed by atoms with Gasteiger partial charge in [-0.3, -0.25) is 19.2 Å². The van der Waals surface area contributed by atoms with Crippen molar-refractivity contribution >= 4 is 86.1 Å². The number of amides is 4. The fourth-order valence-electron chi connectivity index (χ4n) is 14.9. The van der Waals surface area contributed by atoms with E-state index in [-0.39, 0.29) is 55.8 Å². The van der Waals surface area contributed by atoms with Crippen LogP contribution >= 0.6 is 45.3 Å². The molecule has 0 radical (unpaired) electrons. The van der Waals surface area contributed by atoms with Crippen LogP contribution in [0.1, 0.15) is 260 Å². The molecule has 102 heavy (non-hydrogen) atoms. The molecule has 4 aliphatic heterocycles. The summed E-state index contributed by atoms with van der Waals surface area (Å²) in [5, 5.41) is 0. The van der Waals surface area contributed by atoms with E-state index in [2.05, 4.69) is 86.9 Å². The molecular formula is C84H126N4O10S4. The summed E-state index contributed by atoms with van der Waals surface area (Å²) in [6, 6.07) is 17.2. The lowest BCUT2D eigenvalue weighted by Gasteiger charge is -2.29. The Labute approximate surface area is 630 Å². The monoisotopic (exact) mass is 1480 g/mol. The van der Waals surface area contributed by atoms with Gasteiger partial charge in [0.1, 0.15) is 0 Å². The number of rotatable bonds is 59. The van der Waals surface area contributed by atoms with Crippen LogP contribution in [-0.2, 0) is 47.6 Å². The summed E-state index contributed by atoms with van der Waals surface area (Å²) in [5.74, 6) is 0.0203. The van der Waals surface area contributed by atoms with E-state index in [4.69, 9.17) is 28.4 Å². The second-order valence-electron chi connectivity index (χ2n) is 28.6. The summed E-state index contributed by atoms with van der Waals surface area (Å²) in [6.45, 7) is 18.8. The van der Waals surface area contributed by atoms with Gasteiger partial charge in [0.15, 0.2) is 0 Å². The third kappa shape index (κ3) is 24.2. The standard InChI is InChI=1S/C84H126N4O10S4/c1-9-13-17-21-25-27-31-35-39-65(37-33-29-23-19-15-11-3)61-87-79(72-47-43-68(100-72)67-42-41-63(5)99-67)76-77(84(87)92)80(88(83(76)91)62-66(38-34-30-24-20-16-12-4)40-36-32-28-26-22-18-14-10-2)73-48-45-70(102-73)69-44-46-71(101-69)78-75-74(81(89)86(78)50-52-96-58-60-98-56-54-94-8)64(6)85(82(75)90)49-51-95-57-59-97-55-53-93-7/h41-48,65-66H,9-40,49-62H2,1-8H3. The number of methoxy groups -OCH3 is 2. The number of allylic oxidation sites excluding steroid dienone is 1. The first-order valence-corrected chi connectivity index (χ1v) is 43.1. The van der Waals surface area contributed by atoms with E-state index in [1.165, 1.54) is 164 Å². The second-order valence-corrected chi connectivity index (χ2v) is 33.1. The van der Waals surface area contributed by atoms with Crippen LogP contribution in [-0.4, -0.2) is 150 Å². The average molecular weight is 1480 g/mol. The van der Waals surface area contributed by atoms with Crippen LogP contribution < -0.4 is 0 Å². The Balaban J connectivity index is 1.18. The molecule has 0 aliphatic carbocycles. The summed E-state index contributed by atoms with van der Waals surface area (Å²) in [4.78, 5) is 78.3. The third-order valence-electron chi connectivity index (χ3n) is 20.6. The van der Waals surface area contributed by atoms with E-state index < -0.39 is 0 Å². The molecule has 2 unspecified atom stereocenters. The largest absolute Gasteiger partial charge is 0.382 e. The van der Waals surface area contributed by atoms with Crippen LogP contribution in [0.25, 0.3) is 36.6 Å². The normalized spacial score (nSPS) is 15.5. The number of aryl methyl sites for hydroxylation is 1. The Kier molecular flexibility index (Phi) is 37.8. The maximum absolute atomic E-state index is 16.4. The highest BCUT2D eigenvalue weighted by Gasteiger charge is 2.51. The highest BCUT2D eigenvalue weighted by atomic mass is 32.1. The van der Waals surface area contributed by atoms with Crippen molar-refractivity contribution in [3.8, 4) is 19.5 Å². The quantitative estimate of drug-likeness (QED) is 0.0393. The summed E-state index contributed by atoms with van der Waals surface area (Å²) < 4.78 is 33.5. The molecule has 0 saturated heterocycles. The van der Waals surface area contributed by atoms with Gasteiger partial charge in [0, 0.05) is 70.5 Å². The first-order chi connectivity index (χ1) is 50.0. The molecule has 4 aromatic heterocycles. The second kappa shape index (κ2) is 46.5. The summed E-state index contributed by atoms with van der Waals surface area (Å²) >= 11 is 6.69. The minimum Gasteiger partial charge on any atom is -0.382 e. The lowest BCUT2D eigenvalue weighted by molar-refractivity contribution is -0.125. The van der Waals surface area contributed by atoms with Crippen LogP contribution in [0.4, 0.5) is 0 Å². The SMILES string of the molecule is CCCCCCCCCCC(CCCCCCCC)CN1C(=O)C2=C(c3ccc(-c4ccc(C5=C6C(=O)N(CCOCCOCCOC)C(C)=C6C(=O)N5CCOCCOCCOC)s4)s3)N(CC(CCCCCCCC)CCCCCCCCCC)C(=O)C2=C1c1ccc(-c2ccc(C)s2)s1. The Morgan fingerprint density at radius 3 is 0.931 bits per heavy atom. The predicted octanol–water partition coefficient (Wildman–Crippen LogP) is 21.2. The molecule has 566 valence electrons. The number of hydrogen-bond donors (Lipinski definition) is 0. The van der Waals surface area contributed by atoms with Gasteiger partial charge in [-0.25, -0.2) is 0 Å². The van der Waals surface area contributed by atoms with Crippen molar-refractivity contribution in [1.29, 1.82) is 0 Å². The van der Waals surface area contributed by atoms with Gasteiger partial charge in [0.25, 0.3) is 23.6 Å². The number of thiophene rings is 4. The van der Waals surface area contributed by atoms with E-state index in [1.54, 1.807) is 69.4 Å². The number of unbranched alkanes of at least 4 members (excludes halogenated alkanes) is 24. The zero-order chi connectivity index (χ0) is 72.3. The zero-order valence-corrected chi connectivity index (χ0v) is 67.1. The molecule has 8 rings (SSSR count). The van der Waals surface area contributed by atoms with E-state index in [0.717, 1.165) is 92.0 Å². The molecule has 2 atom stereocenters. The van der Waals surface area contributed by atoms with Gasteiger partial charge in [-0.15, -0.1) is 45.3 Å². The minimum absolute atomic E-state index is 0.0458. The van der Waals surface area contributed by atoms with Crippen molar-refractivity contribution in [2.24, 2.45) is 11.8 Å². The Morgan fingerprint density at radius 1 is 0.304 bits per heavy atom. The summed E-state index contributed by atoms with van der Waals surface area (Å²) in [7, 11) is 3.28. The smallest absolute Gasteiger partial charge is 0.261 e. The molecule has 0 spiro atoms. The van der Waals surface area contributed by atoms with Gasteiger partial charge >= 0.3 is 0 Å². The van der Waals surface area contributed by atoms with Crippen LogP contribution in [0.15, 0.2) is 76.5 Å². The van der Waals surface area contributed by atoms with Crippen molar-refractivity contribution in [1.82, 2.24) is 19.6 Å². The number of fused-ring (bicyclic) bond motifs is 2. The van der Waals surface area contributed by atoms with Crippen LogP contribution in [0.3, 0.4) is 0 Å². The van der Waals surface area contributed by atoms with Gasteiger partial charge in [-0.2, -0.15) is 0 Å². The molecular weight excluding hydrogens is 1350 g/mol. The average Bonchev–Trinajstić information content (AvgIpc) is 1.56. The van der Waals surface area contributed by atoms with Crippen molar-refractivity contribution in [3.63, 3.8) is 0 Å². The van der Waals surface area contributed by atoms with Crippen molar-refractivity contribution in [3.05, 3.63) is 96.0 Å². The molecule has 0 saturated carbocycles. The molecule has 4 aliphatic rings. The Bertz CT molecular complexity index is 3310. The van der Waals surface area contributed by atoms with E-state index in [9.17, 15) is 9.59 Å². The molecule has 0 aromatic carbocycles. The van der Waals surface area contributed by atoms with Crippen molar-refractivity contribution in [2.75, 3.05) is 106 Å². The van der Waals surface area contributed by atoms with E-state index in [0.29, 0.717) is 106 Å². The van der Waals surface area contributed by atoms with Gasteiger partial charge in [0.05, 0.1) is 120 Å². The maximum Gasteiger partial charge on any atom is 0.261 e.